The quantitative estimate of drug-likeness (QED) is 0.745. The molecule has 0 aromatic carbocycles. The van der Waals surface area contributed by atoms with Gasteiger partial charge in [-0.05, 0) is 62.9 Å². The van der Waals surface area contributed by atoms with Crippen LogP contribution in [0.3, 0.4) is 0 Å². The van der Waals surface area contributed by atoms with E-state index in [9.17, 15) is 9.59 Å². The largest absolute Gasteiger partial charge is 0.351 e. The summed E-state index contributed by atoms with van der Waals surface area (Å²) in [6.07, 6.45) is 6.65. The monoisotopic (exact) mass is 441 g/mol. The minimum absolute atomic E-state index is 0.0741. The van der Waals surface area contributed by atoms with Gasteiger partial charge in [0.25, 0.3) is 0 Å². The van der Waals surface area contributed by atoms with Crippen molar-refractivity contribution in [3.8, 4) is 0 Å². The van der Waals surface area contributed by atoms with Gasteiger partial charge in [0.05, 0.1) is 23.7 Å². The topological polar surface area (TPSA) is 78.4 Å². The van der Waals surface area contributed by atoms with Crippen molar-refractivity contribution in [1.29, 1.82) is 0 Å². The van der Waals surface area contributed by atoms with Crippen molar-refractivity contribution in [3.05, 3.63) is 44.7 Å². The van der Waals surface area contributed by atoms with Gasteiger partial charge in [-0.15, -0.1) is 11.3 Å². The van der Waals surface area contributed by atoms with E-state index in [0.717, 1.165) is 47.0 Å². The number of aryl methyl sites for hydroxylation is 2. The van der Waals surface area contributed by atoms with Gasteiger partial charge in [0, 0.05) is 36.9 Å². The van der Waals surface area contributed by atoms with E-state index in [1.54, 1.807) is 11.3 Å². The van der Waals surface area contributed by atoms with Gasteiger partial charge in [-0.25, -0.2) is 4.98 Å². The van der Waals surface area contributed by atoms with Gasteiger partial charge >= 0.3 is 0 Å². The molecule has 0 spiro atoms. The minimum atomic E-state index is 0.0741. The normalized spacial score (nSPS) is 16.8. The van der Waals surface area contributed by atoms with Crippen LogP contribution in [0.2, 0.25) is 0 Å². The molecule has 2 aliphatic heterocycles. The first kappa shape index (κ1) is 21.9. The average Bonchev–Trinajstić information content (AvgIpc) is 3.17. The molecule has 8 heteroatoms. The number of likely N-dealkylation sites (tertiary alicyclic amines) is 1. The van der Waals surface area contributed by atoms with E-state index in [1.807, 2.05) is 30.3 Å². The van der Waals surface area contributed by atoms with Crippen molar-refractivity contribution >= 4 is 23.2 Å². The lowest BCUT2D eigenvalue weighted by molar-refractivity contribution is -0.131. The first-order valence-corrected chi connectivity index (χ1v) is 12.0. The standard InChI is InChI=1S/C23H31N5O2S/c1-16-21(12-25-22(29)14-27-7-4-3-5-8-27)20-6-9-28(13-18(20)11-24-16)23(30)10-19-15-31-17(2)26-19/h11,15H,3-10,12-14H2,1-2H3,(H,25,29). The lowest BCUT2D eigenvalue weighted by Gasteiger charge is -2.30. The van der Waals surface area contributed by atoms with E-state index in [2.05, 4.69) is 20.2 Å². The minimum Gasteiger partial charge on any atom is -0.351 e. The molecule has 0 radical (unpaired) electrons. The number of hydrogen-bond donors (Lipinski definition) is 1. The molecule has 4 heterocycles. The van der Waals surface area contributed by atoms with E-state index in [1.165, 1.54) is 24.8 Å². The van der Waals surface area contributed by atoms with E-state index in [4.69, 9.17) is 0 Å². The highest BCUT2D eigenvalue weighted by Gasteiger charge is 2.25. The summed E-state index contributed by atoms with van der Waals surface area (Å²) in [7, 11) is 0. The highest BCUT2D eigenvalue weighted by atomic mass is 32.1. The third-order valence-corrected chi connectivity index (χ3v) is 7.05. The van der Waals surface area contributed by atoms with E-state index < -0.39 is 0 Å². The molecule has 4 rings (SSSR count). The highest BCUT2D eigenvalue weighted by molar-refractivity contribution is 7.09. The molecule has 0 aliphatic carbocycles. The Labute approximate surface area is 187 Å². The Balaban J connectivity index is 1.37. The van der Waals surface area contributed by atoms with Gasteiger partial charge in [-0.2, -0.15) is 0 Å². The molecule has 1 saturated heterocycles. The summed E-state index contributed by atoms with van der Waals surface area (Å²) < 4.78 is 0. The molecule has 0 saturated carbocycles. The number of amides is 2. The molecule has 31 heavy (non-hydrogen) atoms. The number of carbonyl (C=O) groups excluding carboxylic acids is 2. The molecular weight excluding hydrogens is 410 g/mol. The van der Waals surface area contributed by atoms with Crippen LogP contribution in [0.25, 0.3) is 0 Å². The molecule has 0 atom stereocenters. The number of hydrogen-bond acceptors (Lipinski definition) is 6. The summed E-state index contributed by atoms with van der Waals surface area (Å²) in [4.78, 5) is 38.3. The molecule has 0 unspecified atom stereocenters. The number of fused-ring (bicyclic) bond motifs is 1. The van der Waals surface area contributed by atoms with Crippen LogP contribution in [0.4, 0.5) is 0 Å². The fourth-order valence-electron chi connectivity index (χ4n) is 4.49. The van der Waals surface area contributed by atoms with Crippen LogP contribution < -0.4 is 5.32 Å². The Morgan fingerprint density at radius 2 is 1.97 bits per heavy atom. The van der Waals surface area contributed by atoms with Gasteiger partial charge in [0.15, 0.2) is 0 Å². The summed E-state index contributed by atoms with van der Waals surface area (Å²) >= 11 is 1.57. The highest BCUT2D eigenvalue weighted by Crippen LogP contribution is 2.24. The third-order valence-electron chi connectivity index (χ3n) is 6.23. The van der Waals surface area contributed by atoms with Crippen LogP contribution in [0, 0.1) is 13.8 Å². The SMILES string of the molecule is Cc1nc(CC(=O)N2CCc3c(cnc(C)c3CNC(=O)CN3CCCCC3)C2)cs1. The molecule has 2 aromatic rings. The summed E-state index contributed by atoms with van der Waals surface area (Å²) in [5.41, 5.74) is 5.22. The molecule has 2 aromatic heterocycles. The fourth-order valence-corrected chi connectivity index (χ4v) is 5.10. The molecular formula is C23H31N5O2S. The summed E-state index contributed by atoms with van der Waals surface area (Å²) in [6.45, 7) is 8.20. The zero-order valence-electron chi connectivity index (χ0n) is 18.4. The number of nitrogens with zero attached hydrogens (tertiary/aromatic N) is 4. The lowest BCUT2D eigenvalue weighted by Crippen LogP contribution is -2.40. The average molecular weight is 442 g/mol. The Morgan fingerprint density at radius 3 is 2.71 bits per heavy atom. The van der Waals surface area contributed by atoms with Crippen LogP contribution >= 0.6 is 11.3 Å². The molecule has 2 amide bonds. The molecule has 7 nitrogen and oxygen atoms in total. The van der Waals surface area contributed by atoms with Crippen LogP contribution in [-0.4, -0.2) is 57.8 Å². The fraction of sp³-hybridized carbons (Fsp3) is 0.565. The van der Waals surface area contributed by atoms with Gasteiger partial charge in [0.1, 0.15) is 0 Å². The van der Waals surface area contributed by atoms with Crippen LogP contribution in [0.15, 0.2) is 11.6 Å². The maximum Gasteiger partial charge on any atom is 0.234 e. The summed E-state index contributed by atoms with van der Waals surface area (Å²) in [5, 5.41) is 6.04. The predicted molar refractivity (Wildman–Crippen MR) is 121 cm³/mol. The maximum absolute atomic E-state index is 12.8. The zero-order chi connectivity index (χ0) is 21.8. The van der Waals surface area contributed by atoms with Crippen molar-refractivity contribution in [2.45, 2.75) is 59.0 Å². The number of thiazole rings is 1. The van der Waals surface area contributed by atoms with Crippen molar-refractivity contribution in [2.24, 2.45) is 0 Å². The molecule has 1 N–H and O–H groups in total. The predicted octanol–water partition coefficient (Wildman–Crippen LogP) is 2.38. The zero-order valence-corrected chi connectivity index (χ0v) is 19.3. The Kier molecular flexibility index (Phi) is 6.97. The Bertz CT molecular complexity index is 951. The van der Waals surface area contributed by atoms with Gasteiger partial charge in [0.2, 0.25) is 11.8 Å². The van der Waals surface area contributed by atoms with Gasteiger partial charge in [-0.3, -0.25) is 19.5 Å². The van der Waals surface area contributed by atoms with Crippen LogP contribution in [0.1, 0.15) is 52.3 Å². The number of nitrogens with one attached hydrogen (secondary N) is 1. The second-order valence-electron chi connectivity index (χ2n) is 8.54. The first-order valence-electron chi connectivity index (χ1n) is 11.1. The molecule has 0 bridgehead atoms. The molecule has 1 fully saturated rings. The molecule has 166 valence electrons. The lowest BCUT2D eigenvalue weighted by atomic mass is 9.94. The summed E-state index contributed by atoms with van der Waals surface area (Å²) in [6, 6.07) is 0. The van der Waals surface area contributed by atoms with Crippen molar-refractivity contribution in [1.82, 2.24) is 25.1 Å². The molecule has 2 aliphatic rings. The van der Waals surface area contributed by atoms with Crippen LogP contribution in [-0.2, 0) is 35.5 Å². The van der Waals surface area contributed by atoms with Gasteiger partial charge < -0.3 is 10.2 Å². The van der Waals surface area contributed by atoms with E-state index in [-0.39, 0.29) is 11.8 Å². The van der Waals surface area contributed by atoms with Crippen molar-refractivity contribution in [2.75, 3.05) is 26.2 Å². The Hall–Kier alpha value is -2.32. The maximum atomic E-state index is 12.8. The van der Waals surface area contributed by atoms with Crippen molar-refractivity contribution < 1.29 is 9.59 Å². The van der Waals surface area contributed by atoms with E-state index in [0.29, 0.717) is 32.6 Å². The second kappa shape index (κ2) is 9.87. The smallest absolute Gasteiger partial charge is 0.234 e. The number of pyridine rings is 1. The Morgan fingerprint density at radius 1 is 1.16 bits per heavy atom. The van der Waals surface area contributed by atoms with E-state index >= 15 is 0 Å². The van der Waals surface area contributed by atoms with Gasteiger partial charge in [-0.1, -0.05) is 6.42 Å². The van der Waals surface area contributed by atoms with Crippen LogP contribution in [0.5, 0.6) is 0 Å². The number of aromatic nitrogens is 2. The van der Waals surface area contributed by atoms with Crippen molar-refractivity contribution in [3.63, 3.8) is 0 Å². The first-order chi connectivity index (χ1) is 15.0. The third kappa shape index (κ3) is 5.49. The number of carbonyl (C=O) groups is 2. The summed E-state index contributed by atoms with van der Waals surface area (Å²) in [5.74, 6) is 0.179. The second-order valence-corrected chi connectivity index (χ2v) is 9.60. The number of rotatable bonds is 6. The number of piperidine rings is 1.